The maximum atomic E-state index is 12.4. The molecule has 1 fully saturated rings. The van der Waals surface area contributed by atoms with Crippen molar-refractivity contribution in [2.45, 2.75) is 6.92 Å². The lowest BCUT2D eigenvalue weighted by Gasteiger charge is -2.34. The quantitative estimate of drug-likeness (QED) is 0.646. The van der Waals surface area contributed by atoms with Gasteiger partial charge in [-0.25, -0.2) is 0 Å². The molecule has 0 saturated carbocycles. The van der Waals surface area contributed by atoms with Crippen LogP contribution in [0.2, 0.25) is 0 Å². The third kappa shape index (κ3) is 5.48. The van der Waals surface area contributed by atoms with Crippen molar-refractivity contribution < 1.29 is 19.2 Å². The zero-order valence-corrected chi connectivity index (χ0v) is 17.0. The van der Waals surface area contributed by atoms with Gasteiger partial charge in [0, 0.05) is 18.3 Å². The first-order valence-electron chi connectivity index (χ1n) is 10.0. The van der Waals surface area contributed by atoms with Crippen LogP contribution >= 0.6 is 0 Å². The topological polar surface area (TPSA) is 75.1 Å². The molecule has 0 radical (unpaired) electrons. The number of nitrogens with one attached hydrogen (secondary N) is 3. The number of hydrogen-bond donors (Lipinski definition) is 3. The lowest BCUT2D eigenvalue weighted by Crippen LogP contribution is -3.15. The first kappa shape index (κ1) is 20.7. The van der Waals surface area contributed by atoms with Crippen LogP contribution in [0.25, 0.3) is 0 Å². The van der Waals surface area contributed by atoms with Gasteiger partial charge in [-0.1, -0.05) is 12.1 Å². The Morgan fingerprint density at radius 2 is 1.76 bits per heavy atom. The van der Waals surface area contributed by atoms with Crippen molar-refractivity contribution in [3.8, 4) is 5.75 Å². The number of amides is 2. The average Bonchev–Trinajstić information content (AvgIpc) is 2.75. The van der Waals surface area contributed by atoms with Gasteiger partial charge in [-0.2, -0.15) is 0 Å². The molecule has 1 aliphatic rings. The number of para-hydroxylation sites is 2. The van der Waals surface area contributed by atoms with Gasteiger partial charge in [0.1, 0.15) is 5.75 Å². The van der Waals surface area contributed by atoms with Crippen LogP contribution in [0.1, 0.15) is 17.3 Å². The van der Waals surface area contributed by atoms with E-state index in [0.717, 1.165) is 37.6 Å². The van der Waals surface area contributed by atoms with Gasteiger partial charge in [0.25, 0.3) is 11.8 Å². The molecule has 29 heavy (non-hydrogen) atoms. The molecule has 1 aliphatic heterocycles. The number of piperazine rings is 1. The predicted octanol–water partition coefficient (Wildman–Crippen LogP) is 0.789. The van der Waals surface area contributed by atoms with E-state index in [1.54, 1.807) is 31.3 Å². The van der Waals surface area contributed by atoms with E-state index in [4.69, 9.17) is 4.74 Å². The number of carbonyl (C=O) groups is 2. The number of nitrogens with zero attached hydrogens (tertiary/aromatic N) is 1. The highest BCUT2D eigenvalue weighted by atomic mass is 16.5. The second-order valence-electron chi connectivity index (χ2n) is 7.02. The standard InChI is InChI=1S/C22H28N4O3/c1-3-29-20-7-5-4-6-19(20)26-14-12-25(13-15-26)16-21(27)24-18-10-8-17(9-11-18)22(28)23-2/h4-11H,3,12-16H2,1-2H3,(H,23,28)(H,24,27)/p+1. The van der Waals surface area contributed by atoms with Crippen LogP contribution in [0.15, 0.2) is 48.5 Å². The zero-order chi connectivity index (χ0) is 20.6. The fourth-order valence-corrected chi connectivity index (χ4v) is 3.52. The third-order valence-corrected chi connectivity index (χ3v) is 5.04. The molecule has 0 unspecified atom stereocenters. The van der Waals surface area contributed by atoms with Gasteiger partial charge >= 0.3 is 0 Å². The fourth-order valence-electron chi connectivity index (χ4n) is 3.52. The predicted molar refractivity (Wildman–Crippen MR) is 114 cm³/mol. The molecule has 0 spiro atoms. The first-order valence-corrected chi connectivity index (χ1v) is 10.0. The van der Waals surface area contributed by atoms with Gasteiger partial charge in [-0.05, 0) is 43.3 Å². The highest BCUT2D eigenvalue weighted by molar-refractivity contribution is 5.95. The number of carbonyl (C=O) groups excluding carboxylic acids is 2. The molecule has 0 bridgehead atoms. The van der Waals surface area contributed by atoms with E-state index < -0.39 is 0 Å². The molecule has 7 nitrogen and oxygen atoms in total. The Balaban J connectivity index is 1.49. The molecule has 3 rings (SSSR count). The summed E-state index contributed by atoms with van der Waals surface area (Å²) in [5.74, 6) is 0.753. The van der Waals surface area contributed by atoms with Crippen molar-refractivity contribution in [1.82, 2.24) is 5.32 Å². The average molecular weight is 397 g/mol. The molecule has 1 saturated heterocycles. The molecule has 2 aromatic carbocycles. The molecule has 1 heterocycles. The normalized spacial score (nSPS) is 14.3. The van der Waals surface area contributed by atoms with Crippen molar-refractivity contribution in [2.24, 2.45) is 0 Å². The zero-order valence-electron chi connectivity index (χ0n) is 17.0. The van der Waals surface area contributed by atoms with Crippen LogP contribution < -0.4 is 25.2 Å². The summed E-state index contributed by atoms with van der Waals surface area (Å²) >= 11 is 0. The second kappa shape index (κ2) is 9.93. The van der Waals surface area contributed by atoms with Gasteiger partial charge in [0.05, 0.1) is 38.5 Å². The Kier molecular flexibility index (Phi) is 7.08. The lowest BCUT2D eigenvalue weighted by atomic mass is 10.2. The first-order chi connectivity index (χ1) is 14.1. The monoisotopic (exact) mass is 397 g/mol. The molecule has 0 aromatic heterocycles. The summed E-state index contributed by atoms with van der Waals surface area (Å²) in [4.78, 5) is 27.6. The van der Waals surface area contributed by atoms with Crippen molar-refractivity contribution in [3.05, 3.63) is 54.1 Å². The molecular weight excluding hydrogens is 368 g/mol. The third-order valence-electron chi connectivity index (χ3n) is 5.04. The Morgan fingerprint density at radius 3 is 2.41 bits per heavy atom. The summed E-state index contributed by atoms with van der Waals surface area (Å²) in [6, 6.07) is 15.0. The van der Waals surface area contributed by atoms with Crippen molar-refractivity contribution >= 4 is 23.2 Å². The van der Waals surface area contributed by atoms with Gasteiger partial charge in [-0.15, -0.1) is 0 Å². The molecule has 0 aliphatic carbocycles. The number of benzene rings is 2. The molecular formula is C22H29N4O3+. The number of rotatable bonds is 7. The van der Waals surface area contributed by atoms with E-state index in [1.807, 2.05) is 25.1 Å². The van der Waals surface area contributed by atoms with Crippen molar-refractivity contribution in [3.63, 3.8) is 0 Å². The van der Waals surface area contributed by atoms with Crippen LogP contribution in [-0.2, 0) is 4.79 Å². The maximum absolute atomic E-state index is 12.4. The summed E-state index contributed by atoms with van der Waals surface area (Å²) in [6.45, 7) is 6.61. The van der Waals surface area contributed by atoms with Crippen LogP contribution in [0.5, 0.6) is 5.75 Å². The van der Waals surface area contributed by atoms with E-state index in [2.05, 4.69) is 21.6 Å². The molecule has 2 aromatic rings. The molecule has 0 atom stereocenters. The largest absolute Gasteiger partial charge is 0.492 e. The van der Waals surface area contributed by atoms with E-state index >= 15 is 0 Å². The van der Waals surface area contributed by atoms with E-state index in [1.165, 1.54) is 4.90 Å². The summed E-state index contributed by atoms with van der Waals surface area (Å²) in [6.07, 6.45) is 0. The number of ether oxygens (including phenoxy) is 1. The minimum atomic E-state index is -0.142. The Morgan fingerprint density at radius 1 is 1.07 bits per heavy atom. The van der Waals surface area contributed by atoms with Crippen LogP contribution in [0.4, 0.5) is 11.4 Å². The summed E-state index contributed by atoms with van der Waals surface area (Å²) in [5.41, 5.74) is 2.39. The van der Waals surface area contributed by atoms with Crippen LogP contribution in [0, 0.1) is 0 Å². The summed E-state index contributed by atoms with van der Waals surface area (Å²) in [5, 5.41) is 5.50. The Bertz CT molecular complexity index is 830. The van der Waals surface area contributed by atoms with Crippen LogP contribution in [0.3, 0.4) is 0 Å². The number of hydrogen-bond acceptors (Lipinski definition) is 4. The molecule has 7 heteroatoms. The fraction of sp³-hybridized carbons (Fsp3) is 0.364. The van der Waals surface area contributed by atoms with Gasteiger partial charge in [0.15, 0.2) is 6.54 Å². The molecule has 2 amide bonds. The SMILES string of the molecule is CCOc1ccccc1N1CC[NH+](CC(=O)Nc2ccc(C(=O)NC)cc2)CC1. The van der Waals surface area contributed by atoms with Crippen LogP contribution in [-0.4, -0.2) is 58.2 Å². The highest BCUT2D eigenvalue weighted by Crippen LogP contribution is 2.27. The minimum Gasteiger partial charge on any atom is -0.492 e. The number of anilines is 2. The second-order valence-corrected chi connectivity index (χ2v) is 7.02. The Hall–Kier alpha value is -3.06. The van der Waals surface area contributed by atoms with E-state index in [-0.39, 0.29) is 11.8 Å². The molecule has 154 valence electrons. The van der Waals surface area contributed by atoms with E-state index in [9.17, 15) is 9.59 Å². The summed E-state index contributed by atoms with van der Waals surface area (Å²) in [7, 11) is 1.59. The van der Waals surface area contributed by atoms with Gasteiger partial charge in [0.2, 0.25) is 0 Å². The van der Waals surface area contributed by atoms with Crippen molar-refractivity contribution in [2.75, 3.05) is 56.6 Å². The van der Waals surface area contributed by atoms with Crippen molar-refractivity contribution in [1.29, 1.82) is 0 Å². The summed E-state index contributed by atoms with van der Waals surface area (Å²) < 4.78 is 5.74. The maximum Gasteiger partial charge on any atom is 0.279 e. The highest BCUT2D eigenvalue weighted by Gasteiger charge is 2.24. The minimum absolute atomic E-state index is 0.0177. The lowest BCUT2D eigenvalue weighted by molar-refractivity contribution is -0.892. The van der Waals surface area contributed by atoms with E-state index in [0.29, 0.717) is 24.4 Å². The van der Waals surface area contributed by atoms with Gasteiger partial charge < -0.3 is 25.2 Å². The smallest absolute Gasteiger partial charge is 0.279 e. The Labute approximate surface area is 171 Å². The van der Waals surface area contributed by atoms with Gasteiger partial charge in [-0.3, -0.25) is 9.59 Å². The molecule has 3 N–H and O–H groups in total. The number of quaternary nitrogens is 1.